The number of carbonyl (C=O) groups excluding carboxylic acids is 3. The highest BCUT2D eigenvalue weighted by Gasteiger charge is 2.54. The number of fused-ring (bicyclic) bond motifs is 5. The van der Waals surface area contributed by atoms with Crippen molar-refractivity contribution >= 4 is 17.9 Å². The molecule has 0 spiro atoms. The minimum Gasteiger partial charge on any atom is -0.461 e. The Morgan fingerprint density at radius 3 is 2.30 bits per heavy atom. The predicted octanol–water partition coefficient (Wildman–Crippen LogP) is 5.26. The lowest BCUT2D eigenvalue weighted by atomic mass is 9.54. The number of ether oxygens (including phenoxy) is 5. The van der Waals surface area contributed by atoms with Gasteiger partial charge in [0.05, 0.1) is 6.10 Å². The molecule has 0 radical (unpaired) electrons. The van der Waals surface area contributed by atoms with E-state index in [4.69, 9.17) is 23.7 Å². The molecule has 218 valence electrons. The van der Waals surface area contributed by atoms with E-state index in [0.717, 1.165) is 18.8 Å². The van der Waals surface area contributed by atoms with Gasteiger partial charge >= 0.3 is 17.9 Å². The molecule has 40 heavy (non-hydrogen) atoms. The summed E-state index contributed by atoms with van der Waals surface area (Å²) in [7, 11) is 0. The molecule has 0 N–H and O–H groups in total. The zero-order valence-corrected chi connectivity index (χ0v) is 24.2. The SMILES string of the molecule is C=C[C@H]1CC[C@H]2[C@@H]3CCc4cc(O[C@H]5O[C@H](C)[C@H](OC(C)=O)[C@H](OC(C)=O)[C@H]5OC(C)=O)ccc4[C@H]3CC[C@]12C. The first kappa shape index (κ1) is 28.7. The lowest BCUT2D eigenvalue weighted by molar-refractivity contribution is -0.280. The van der Waals surface area contributed by atoms with Gasteiger partial charge in [0, 0.05) is 20.8 Å². The van der Waals surface area contributed by atoms with Gasteiger partial charge in [-0.2, -0.15) is 0 Å². The molecule has 1 aromatic carbocycles. The second-order valence-corrected chi connectivity index (χ2v) is 12.3. The Morgan fingerprint density at radius 2 is 1.62 bits per heavy atom. The predicted molar refractivity (Wildman–Crippen MR) is 146 cm³/mol. The fourth-order valence-electron chi connectivity index (χ4n) is 8.26. The van der Waals surface area contributed by atoms with Crippen molar-refractivity contribution in [3.63, 3.8) is 0 Å². The second kappa shape index (κ2) is 11.2. The largest absolute Gasteiger partial charge is 0.461 e. The van der Waals surface area contributed by atoms with Crippen LogP contribution in [0.5, 0.6) is 5.75 Å². The molecule has 3 fully saturated rings. The first-order chi connectivity index (χ1) is 19.0. The highest BCUT2D eigenvalue weighted by molar-refractivity contribution is 5.68. The van der Waals surface area contributed by atoms with Crippen molar-refractivity contribution in [2.24, 2.45) is 23.2 Å². The summed E-state index contributed by atoms with van der Waals surface area (Å²) in [6.45, 7) is 12.1. The maximum absolute atomic E-state index is 12.0. The van der Waals surface area contributed by atoms with Gasteiger partial charge in [-0.3, -0.25) is 14.4 Å². The molecular weight excluding hydrogens is 512 g/mol. The Kier molecular flexibility index (Phi) is 8.01. The third kappa shape index (κ3) is 5.27. The van der Waals surface area contributed by atoms with Crippen LogP contribution in [0.3, 0.4) is 0 Å². The average Bonchev–Trinajstić information content (AvgIpc) is 3.23. The van der Waals surface area contributed by atoms with E-state index >= 15 is 0 Å². The van der Waals surface area contributed by atoms with Gasteiger partial charge in [-0.1, -0.05) is 19.1 Å². The molecule has 0 aromatic heterocycles. The van der Waals surface area contributed by atoms with Crippen LogP contribution < -0.4 is 4.74 Å². The Balaban J connectivity index is 1.37. The molecule has 1 heterocycles. The molecule has 10 atom stereocenters. The van der Waals surface area contributed by atoms with Crippen LogP contribution in [-0.4, -0.2) is 48.6 Å². The third-order valence-electron chi connectivity index (χ3n) is 9.94. The van der Waals surface area contributed by atoms with Gasteiger partial charge in [0.25, 0.3) is 0 Å². The van der Waals surface area contributed by atoms with Crippen LogP contribution >= 0.6 is 0 Å². The van der Waals surface area contributed by atoms with E-state index in [9.17, 15) is 14.4 Å². The van der Waals surface area contributed by atoms with Crippen molar-refractivity contribution in [3.8, 4) is 5.75 Å². The highest BCUT2D eigenvalue weighted by Crippen LogP contribution is 2.63. The van der Waals surface area contributed by atoms with Crippen LogP contribution in [0.25, 0.3) is 0 Å². The van der Waals surface area contributed by atoms with Gasteiger partial charge in [-0.05, 0) is 97.8 Å². The van der Waals surface area contributed by atoms with Gasteiger partial charge in [-0.15, -0.1) is 6.58 Å². The zero-order chi connectivity index (χ0) is 28.8. The monoisotopic (exact) mass is 554 g/mol. The van der Waals surface area contributed by atoms with Gasteiger partial charge in [0.1, 0.15) is 5.75 Å². The first-order valence-corrected chi connectivity index (χ1v) is 14.6. The third-order valence-corrected chi connectivity index (χ3v) is 9.94. The van der Waals surface area contributed by atoms with E-state index in [0.29, 0.717) is 28.9 Å². The van der Waals surface area contributed by atoms with Crippen LogP contribution in [0.4, 0.5) is 0 Å². The van der Waals surface area contributed by atoms with Gasteiger partial charge in [-0.25, -0.2) is 0 Å². The zero-order valence-electron chi connectivity index (χ0n) is 24.2. The normalized spacial score (nSPS) is 38.2. The number of esters is 3. The summed E-state index contributed by atoms with van der Waals surface area (Å²) in [5.74, 6) is 1.44. The number of carbonyl (C=O) groups is 3. The van der Waals surface area contributed by atoms with E-state index in [2.05, 4.69) is 31.7 Å². The summed E-state index contributed by atoms with van der Waals surface area (Å²) >= 11 is 0. The number of benzene rings is 1. The molecule has 2 saturated carbocycles. The van der Waals surface area contributed by atoms with Crippen molar-refractivity contribution in [1.82, 2.24) is 0 Å². The maximum atomic E-state index is 12.0. The lowest BCUT2D eigenvalue weighted by Crippen LogP contribution is -2.62. The summed E-state index contributed by atoms with van der Waals surface area (Å²) in [6, 6.07) is 6.20. The van der Waals surface area contributed by atoms with E-state index in [1.54, 1.807) is 6.92 Å². The molecule has 8 heteroatoms. The van der Waals surface area contributed by atoms with Gasteiger partial charge in [0.15, 0.2) is 12.2 Å². The van der Waals surface area contributed by atoms with Crippen LogP contribution in [0.1, 0.15) is 83.8 Å². The van der Waals surface area contributed by atoms with Crippen molar-refractivity contribution < 1.29 is 38.1 Å². The summed E-state index contributed by atoms with van der Waals surface area (Å²) in [6.07, 6.45) is 4.40. The van der Waals surface area contributed by atoms with Crippen molar-refractivity contribution in [2.45, 2.75) is 110 Å². The van der Waals surface area contributed by atoms with E-state index in [1.807, 2.05) is 6.07 Å². The number of hydrogen-bond donors (Lipinski definition) is 0. The van der Waals surface area contributed by atoms with Crippen LogP contribution in [0, 0.1) is 23.2 Å². The van der Waals surface area contributed by atoms with Crippen LogP contribution in [-0.2, 0) is 39.8 Å². The topological polar surface area (TPSA) is 97.4 Å². The molecule has 0 bridgehead atoms. The molecule has 1 saturated heterocycles. The Hall–Kier alpha value is -2.87. The quantitative estimate of drug-likeness (QED) is 0.267. The highest BCUT2D eigenvalue weighted by atomic mass is 16.7. The summed E-state index contributed by atoms with van der Waals surface area (Å²) in [5, 5.41) is 0. The summed E-state index contributed by atoms with van der Waals surface area (Å²) in [5.41, 5.74) is 3.06. The summed E-state index contributed by atoms with van der Waals surface area (Å²) < 4.78 is 28.8. The molecule has 3 aliphatic carbocycles. The van der Waals surface area contributed by atoms with Crippen LogP contribution in [0.2, 0.25) is 0 Å². The number of aryl methyl sites for hydroxylation is 1. The molecule has 0 unspecified atom stereocenters. The average molecular weight is 555 g/mol. The van der Waals surface area contributed by atoms with E-state index in [1.165, 1.54) is 57.6 Å². The fourth-order valence-corrected chi connectivity index (χ4v) is 8.26. The Morgan fingerprint density at radius 1 is 0.950 bits per heavy atom. The molecule has 1 aromatic rings. The van der Waals surface area contributed by atoms with E-state index in [-0.39, 0.29) is 0 Å². The number of rotatable bonds is 6. The molecule has 5 rings (SSSR count). The molecule has 4 aliphatic rings. The van der Waals surface area contributed by atoms with E-state index < -0.39 is 48.6 Å². The summed E-state index contributed by atoms with van der Waals surface area (Å²) in [4.78, 5) is 35.8. The Labute approximate surface area is 236 Å². The first-order valence-electron chi connectivity index (χ1n) is 14.6. The standard InChI is InChI=1S/C32H42O8/c1-7-22-9-13-27-26-11-8-21-16-23(10-12-24(21)25(26)14-15-32(22,27)6)40-31-30(39-20(5)35)29(38-19(4)34)28(17(2)36-31)37-18(3)33/h7,10,12,16-17,22,25-31H,1,8-9,11,13-15H2,2-6H3/t17-,22+,25-,26-,27+,28+,29+,30-,31-,32-/m1/s1. The number of allylic oxidation sites excluding steroid dienone is 1. The molecule has 0 amide bonds. The smallest absolute Gasteiger partial charge is 0.303 e. The van der Waals surface area contributed by atoms with Crippen molar-refractivity contribution in [3.05, 3.63) is 42.0 Å². The van der Waals surface area contributed by atoms with Crippen LogP contribution in [0.15, 0.2) is 30.9 Å². The fraction of sp³-hybridized carbons (Fsp3) is 0.656. The number of hydrogen-bond acceptors (Lipinski definition) is 8. The minimum absolute atomic E-state index is 0.368. The van der Waals surface area contributed by atoms with Crippen molar-refractivity contribution in [2.75, 3.05) is 0 Å². The van der Waals surface area contributed by atoms with Gasteiger partial charge < -0.3 is 23.7 Å². The lowest BCUT2D eigenvalue weighted by Gasteiger charge is -2.50. The molecule has 8 nitrogen and oxygen atoms in total. The minimum atomic E-state index is -1.13. The van der Waals surface area contributed by atoms with Gasteiger partial charge in [0.2, 0.25) is 12.4 Å². The van der Waals surface area contributed by atoms with Crippen molar-refractivity contribution in [1.29, 1.82) is 0 Å². The second-order valence-electron chi connectivity index (χ2n) is 12.3. The molecular formula is C32H42O8. The Bertz CT molecular complexity index is 1160. The molecule has 1 aliphatic heterocycles. The maximum Gasteiger partial charge on any atom is 0.303 e.